The quantitative estimate of drug-likeness (QED) is 0.292. The van der Waals surface area contributed by atoms with E-state index in [1.165, 1.54) is 0 Å². The third kappa shape index (κ3) is 3.86. The highest BCUT2D eigenvalue weighted by Crippen LogP contribution is 2.80. The number of anilines is 1. The number of aliphatic hydroxyl groups is 2. The number of carbonyl (C=O) groups excluding carboxylic acids is 3. The SMILES string of the molecule is CCN1C[C@]2(COC(=O)c3ccccc3N3C(=O)C[C@H](C)C3=O)CC[C@H](OC)[C@@]34[C@@H]5C[C@H]6[C@H](OC)[C@@H]5[C@](O)(C[C@@H]6OC)[C@](O)([C@H](OC)[C@@H]23)[C@@H]14. The molecule has 14 atom stereocenters. The van der Waals surface area contributed by atoms with Crippen molar-refractivity contribution in [2.45, 2.75) is 87.6 Å². The maximum Gasteiger partial charge on any atom is 0.340 e. The zero-order valence-corrected chi connectivity index (χ0v) is 29.3. The van der Waals surface area contributed by atoms with E-state index in [1.807, 2.05) is 0 Å². The normalized spacial score (nSPS) is 48.0. The first-order chi connectivity index (χ1) is 23.4. The van der Waals surface area contributed by atoms with E-state index in [1.54, 1.807) is 59.6 Å². The second kappa shape index (κ2) is 11.3. The van der Waals surface area contributed by atoms with Crippen LogP contribution in [0, 0.1) is 40.4 Å². The van der Waals surface area contributed by atoms with Crippen LogP contribution in [-0.4, -0.2) is 123 Å². The Bertz CT molecular complexity index is 1560. The maximum absolute atomic E-state index is 14.1. The van der Waals surface area contributed by atoms with Crippen LogP contribution >= 0.6 is 0 Å². The highest BCUT2D eigenvalue weighted by atomic mass is 16.5. The monoisotopic (exact) mass is 682 g/mol. The molecular weight excluding hydrogens is 632 g/mol. The van der Waals surface area contributed by atoms with Crippen molar-refractivity contribution in [3.05, 3.63) is 29.8 Å². The van der Waals surface area contributed by atoms with Crippen LogP contribution < -0.4 is 4.90 Å². The Hall–Kier alpha value is -2.45. The van der Waals surface area contributed by atoms with Crippen LogP contribution in [0.3, 0.4) is 0 Å². The average molecular weight is 683 g/mol. The van der Waals surface area contributed by atoms with Crippen LogP contribution in [0.25, 0.3) is 0 Å². The number of likely N-dealkylation sites (tertiary alicyclic amines) is 1. The number of rotatable bonds is 9. The Balaban J connectivity index is 1.23. The number of ether oxygens (including phenoxy) is 5. The van der Waals surface area contributed by atoms with Crippen molar-refractivity contribution in [1.82, 2.24) is 4.90 Å². The van der Waals surface area contributed by atoms with Crippen LogP contribution in [0.15, 0.2) is 24.3 Å². The first kappa shape index (κ1) is 33.7. The van der Waals surface area contributed by atoms with Gasteiger partial charge in [-0.05, 0) is 43.9 Å². The second-order valence-electron chi connectivity index (χ2n) is 16.0. The molecule has 1 aromatic carbocycles. The first-order valence-electron chi connectivity index (χ1n) is 17.9. The van der Waals surface area contributed by atoms with Gasteiger partial charge in [0, 0.05) is 82.3 Å². The molecule has 2 N–H and O–H groups in total. The number of fused-ring (bicyclic) bond motifs is 2. The van der Waals surface area contributed by atoms with E-state index in [0.717, 1.165) is 11.3 Å². The third-order valence-corrected chi connectivity index (χ3v) is 14.5. The number of benzene rings is 1. The molecule has 0 unspecified atom stereocenters. The number of para-hydroxylation sites is 1. The molecule has 12 nitrogen and oxygen atoms in total. The molecule has 268 valence electrons. The number of esters is 1. The summed E-state index contributed by atoms with van der Waals surface area (Å²) in [5.41, 5.74) is -4.17. The number of piperidine rings is 1. The molecule has 7 bridgehead atoms. The summed E-state index contributed by atoms with van der Waals surface area (Å²) < 4.78 is 31.4. The Morgan fingerprint density at radius 1 is 1.04 bits per heavy atom. The van der Waals surface area contributed by atoms with Crippen molar-refractivity contribution < 1.29 is 48.3 Å². The number of methoxy groups -OCH3 is 4. The van der Waals surface area contributed by atoms with Gasteiger partial charge in [0.15, 0.2) is 0 Å². The molecule has 2 amide bonds. The number of nitrogens with zero attached hydrogens (tertiary/aromatic N) is 2. The van der Waals surface area contributed by atoms with E-state index < -0.39 is 46.1 Å². The second-order valence-corrected chi connectivity index (χ2v) is 16.0. The van der Waals surface area contributed by atoms with Crippen LogP contribution in [0.5, 0.6) is 0 Å². The number of amides is 2. The van der Waals surface area contributed by atoms with E-state index in [4.69, 9.17) is 23.7 Å². The van der Waals surface area contributed by atoms with Crippen LogP contribution in [0.2, 0.25) is 0 Å². The van der Waals surface area contributed by atoms with Crippen molar-refractivity contribution in [2.24, 2.45) is 40.4 Å². The molecule has 12 heteroatoms. The maximum atomic E-state index is 14.1. The van der Waals surface area contributed by atoms with Gasteiger partial charge in [0.25, 0.3) is 0 Å². The predicted octanol–water partition coefficient (Wildman–Crippen LogP) is 2.04. The number of hydrogen-bond acceptors (Lipinski definition) is 11. The van der Waals surface area contributed by atoms with Gasteiger partial charge in [-0.2, -0.15) is 0 Å². The average Bonchev–Trinajstić information content (AvgIpc) is 3.63. The molecule has 7 fully saturated rings. The smallest absolute Gasteiger partial charge is 0.340 e. The van der Waals surface area contributed by atoms with Gasteiger partial charge in [-0.1, -0.05) is 26.0 Å². The van der Waals surface area contributed by atoms with Gasteiger partial charge in [0.1, 0.15) is 11.2 Å². The molecule has 0 aromatic heterocycles. The molecule has 49 heavy (non-hydrogen) atoms. The summed E-state index contributed by atoms with van der Waals surface area (Å²) in [6.07, 6.45) is 0.813. The highest BCUT2D eigenvalue weighted by Gasteiger charge is 2.91. The van der Waals surface area contributed by atoms with E-state index >= 15 is 0 Å². The Kier molecular flexibility index (Phi) is 7.75. The minimum Gasteiger partial charge on any atom is -0.461 e. The molecule has 0 radical (unpaired) electrons. The summed E-state index contributed by atoms with van der Waals surface area (Å²) in [6.45, 7) is 4.95. The Morgan fingerprint density at radius 2 is 1.80 bits per heavy atom. The predicted molar refractivity (Wildman–Crippen MR) is 174 cm³/mol. The summed E-state index contributed by atoms with van der Waals surface area (Å²) in [5, 5.41) is 26.6. The minimum absolute atomic E-state index is 0.0358. The lowest BCUT2D eigenvalue weighted by Gasteiger charge is -2.70. The van der Waals surface area contributed by atoms with Gasteiger partial charge in [-0.25, -0.2) is 9.69 Å². The minimum atomic E-state index is -1.70. The summed E-state index contributed by atoms with van der Waals surface area (Å²) in [6, 6.07) is 6.12. The van der Waals surface area contributed by atoms with Gasteiger partial charge in [-0.15, -0.1) is 0 Å². The van der Waals surface area contributed by atoms with Crippen molar-refractivity contribution >= 4 is 23.5 Å². The van der Waals surface area contributed by atoms with E-state index in [9.17, 15) is 24.6 Å². The number of carbonyl (C=O) groups is 3. The summed E-state index contributed by atoms with van der Waals surface area (Å²) in [4.78, 5) is 43.3. The summed E-state index contributed by atoms with van der Waals surface area (Å²) >= 11 is 0. The van der Waals surface area contributed by atoms with E-state index in [2.05, 4.69) is 11.8 Å². The molecule has 1 spiro atoms. The van der Waals surface area contributed by atoms with Gasteiger partial charge in [0.2, 0.25) is 11.8 Å². The Morgan fingerprint density at radius 3 is 2.43 bits per heavy atom. The van der Waals surface area contributed by atoms with Gasteiger partial charge in [0.05, 0.1) is 48.3 Å². The van der Waals surface area contributed by atoms with E-state index in [-0.39, 0.29) is 84.5 Å². The lowest BCUT2D eigenvalue weighted by Crippen LogP contribution is -2.82. The zero-order chi connectivity index (χ0) is 34.8. The fourth-order valence-corrected chi connectivity index (χ4v) is 13.2. The zero-order valence-electron chi connectivity index (χ0n) is 29.3. The van der Waals surface area contributed by atoms with Crippen LogP contribution in [-0.2, 0) is 33.3 Å². The molecular formula is C37H50N2O10. The lowest BCUT2D eigenvalue weighted by atomic mass is 9.42. The fourth-order valence-electron chi connectivity index (χ4n) is 13.2. The fraction of sp³-hybridized carbons (Fsp3) is 0.757. The first-order valence-corrected chi connectivity index (χ1v) is 17.9. The summed E-state index contributed by atoms with van der Waals surface area (Å²) in [5.74, 6) is -2.47. The van der Waals surface area contributed by atoms with Gasteiger partial charge in [-0.3, -0.25) is 14.5 Å². The molecule has 1 aromatic rings. The molecule has 5 aliphatic carbocycles. The number of likely N-dealkylation sites (N-methyl/N-ethyl adjacent to an activating group) is 1. The third-order valence-electron chi connectivity index (χ3n) is 14.5. The van der Waals surface area contributed by atoms with Gasteiger partial charge < -0.3 is 33.9 Å². The van der Waals surface area contributed by atoms with E-state index in [0.29, 0.717) is 25.9 Å². The molecule has 8 rings (SSSR count). The molecule has 7 aliphatic rings. The number of hydrogen-bond donors (Lipinski definition) is 2. The standard InChI is InChI=1S/C37H50N2O10/c1-7-38-17-34(18-49-32(42)20-10-8-9-11-23(20)39-26(40)14-19(2)31(39)41)13-12-25(46-4)36-22-15-21-24(45-3)16-35(43,27(22)28(21)47-5)37(44,33(36)38)30(48-6)29(34)36/h8-11,19,21-22,24-25,27-30,33,43-44H,7,12-18H2,1-6H3/t19-,21+,22+,24-,25-,27+,28-,29-,30+,33-,34-,35+,36-,37-/m0/s1. The molecule has 2 heterocycles. The highest BCUT2D eigenvalue weighted by molar-refractivity contribution is 6.22. The molecule has 2 saturated heterocycles. The van der Waals surface area contributed by atoms with Crippen molar-refractivity contribution in [1.29, 1.82) is 0 Å². The molecule has 2 aliphatic heterocycles. The van der Waals surface area contributed by atoms with Crippen molar-refractivity contribution in [3.8, 4) is 0 Å². The topological polar surface area (TPSA) is 144 Å². The lowest BCUT2D eigenvalue weighted by molar-refractivity contribution is -0.320. The van der Waals surface area contributed by atoms with Crippen LogP contribution in [0.4, 0.5) is 5.69 Å². The number of imide groups is 1. The van der Waals surface area contributed by atoms with Crippen molar-refractivity contribution in [3.63, 3.8) is 0 Å². The van der Waals surface area contributed by atoms with Crippen molar-refractivity contribution in [2.75, 3.05) is 53.0 Å². The van der Waals surface area contributed by atoms with Gasteiger partial charge >= 0.3 is 5.97 Å². The van der Waals surface area contributed by atoms with Crippen LogP contribution in [0.1, 0.15) is 56.3 Å². The summed E-state index contributed by atoms with van der Waals surface area (Å²) in [7, 11) is 6.70. The molecule has 5 saturated carbocycles. The Labute approximate surface area is 287 Å². The largest absolute Gasteiger partial charge is 0.461 e.